The summed E-state index contributed by atoms with van der Waals surface area (Å²) in [5.74, 6) is 0.706. The zero-order chi connectivity index (χ0) is 21.8. The molecule has 0 fully saturated rings. The summed E-state index contributed by atoms with van der Waals surface area (Å²) in [5, 5.41) is 21.3. The molecule has 0 aliphatic heterocycles. The molecule has 0 radical (unpaired) electrons. The molecule has 0 saturated carbocycles. The van der Waals surface area contributed by atoms with E-state index >= 15 is 0 Å². The van der Waals surface area contributed by atoms with E-state index in [2.05, 4.69) is 16.0 Å². The van der Waals surface area contributed by atoms with Gasteiger partial charge in [0.25, 0.3) is 0 Å². The Hall–Kier alpha value is -3.86. The number of aryl methyl sites for hydroxylation is 2. The second kappa shape index (κ2) is 8.66. The largest absolute Gasteiger partial charge is 0.493 e. The molecule has 0 spiro atoms. The highest BCUT2D eigenvalue weighted by Gasteiger charge is 2.22. The molecule has 1 N–H and O–H groups in total. The van der Waals surface area contributed by atoms with Crippen LogP contribution in [-0.4, -0.2) is 28.6 Å². The molecule has 0 unspecified atom stereocenters. The number of aromatic amines is 1. The normalized spacial score (nSPS) is 11.4. The lowest BCUT2D eigenvalue weighted by Crippen LogP contribution is -2.02. The van der Waals surface area contributed by atoms with Gasteiger partial charge in [-0.3, -0.25) is 10.1 Å². The first kappa shape index (κ1) is 20.9. The number of aromatic nitrogens is 2. The molecule has 0 aliphatic rings. The van der Waals surface area contributed by atoms with E-state index in [-0.39, 0.29) is 22.8 Å². The van der Waals surface area contributed by atoms with Gasteiger partial charge in [-0.25, -0.2) is 4.98 Å². The minimum atomic E-state index is -0.524. The number of nitrogens with one attached hydrogen (secondary N) is 1. The van der Waals surface area contributed by atoms with Gasteiger partial charge >= 0.3 is 5.69 Å². The Morgan fingerprint density at radius 1 is 1.30 bits per heavy atom. The van der Waals surface area contributed by atoms with Gasteiger partial charge < -0.3 is 14.5 Å². The molecule has 154 valence electrons. The third-order valence-electron chi connectivity index (χ3n) is 4.71. The van der Waals surface area contributed by atoms with Crippen LogP contribution in [0.15, 0.2) is 24.3 Å². The van der Waals surface area contributed by atoms with E-state index in [9.17, 15) is 15.4 Å². The number of imidazole rings is 1. The van der Waals surface area contributed by atoms with E-state index in [4.69, 9.17) is 9.47 Å². The van der Waals surface area contributed by atoms with Gasteiger partial charge in [0.2, 0.25) is 5.75 Å². The zero-order valence-corrected chi connectivity index (χ0v) is 17.3. The van der Waals surface area contributed by atoms with Crippen molar-refractivity contribution in [2.45, 2.75) is 27.2 Å². The van der Waals surface area contributed by atoms with Gasteiger partial charge in [0, 0.05) is 6.07 Å². The summed E-state index contributed by atoms with van der Waals surface area (Å²) < 4.78 is 10.8. The number of methoxy groups -OCH3 is 1. The number of nitriles is 1. The van der Waals surface area contributed by atoms with Gasteiger partial charge in [0.1, 0.15) is 11.9 Å². The van der Waals surface area contributed by atoms with Crippen LogP contribution in [0.5, 0.6) is 11.5 Å². The van der Waals surface area contributed by atoms with Crippen molar-refractivity contribution in [3.05, 3.63) is 56.9 Å². The average molecular weight is 406 g/mol. The molecule has 2 aromatic carbocycles. The molecule has 3 aromatic rings. The second-order valence-electron chi connectivity index (χ2n) is 6.89. The Kier molecular flexibility index (Phi) is 6.02. The van der Waals surface area contributed by atoms with Crippen LogP contribution in [-0.2, 0) is 0 Å². The first-order chi connectivity index (χ1) is 14.4. The third-order valence-corrected chi connectivity index (χ3v) is 4.71. The Labute approximate surface area is 173 Å². The molecule has 0 atom stereocenters. The molecule has 0 saturated heterocycles. The molecule has 1 aromatic heterocycles. The van der Waals surface area contributed by atoms with E-state index in [0.717, 1.165) is 22.2 Å². The van der Waals surface area contributed by atoms with E-state index in [1.165, 1.54) is 19.3 Å². The van der Waals surface area contributed by atoms with Crippen molar-refractivity contribution in [2.24, 2.45) is 0 Å². The number of allylic oxidation sites excluding steroid dienone is 1. The molecule has 30 heavy (non-hydrogen) atoms. The van der Waals surface area contributed by atoms with Crippen molar-refractivity contribution in [3.63, 3.8) is 0 Å². The number of rotatable bonds is 7. The molecule has 1 heterocycles. The summed E-state index contributed by atoms with van der Waals surface area (Å²) in [4.78, 5) is 18.7. The van der Waals surface area contributed by atoms with E-state index in [0.29, 0.717) is 24.4 Å². The van der Waals surface area contributed by atoms with Crippen LogP contribution in [0.3, 0.4) is 0 Å². The van der Waals surface area contributed by atoms with Crippen LogP contribution >= 0.6 is 0 Å². The maximum atomic E-state index is 11.6. The fourth-order valence-electron chi connectivity index (χ4n) is 3.05. The third kappa shape index (κ3) is 4.10. The Bertz CT molecular complexity index is 1150. The minimum absolute atomic E-state index is 0.0784. The van der Waals surface area contributed by atoms with Crippen molar-refractivity contribution in [2.75, 3.05) is 13.7 Å². The fraction of sp³-hybridized carbons (Fsp3) is 0.273. The van der Waals surface area contributed by atoms with Gasteiger partial charge in [0.05, 0.1) is 35.2 Å². The fourth-order valence-corrected chi connectivity index (χ4v) is 3.05. The van der Waals surface area contributed by atoms with E-state index < -0.39 is 4.92 Å². The molecule has 0 bridgehead atoms. The van der Waals surface area contributed by atoms with Crippen LogP contribution in [0.1, 0.15) is 35.9 Å². The predicted molar refractivity (Wildman–Crippen MR) is 114 cm³/mol. The molecular weight excluding hydrogens is 384 g/mol. The summed E-state index contributed by atoms with van der Waals surface area (Å²) >= 11 is 0. The summed E-state index contributed by atoms with van der Waals surface area (Å²) in [6.45, 7) is 6.24. The smallest absolute Gasteiger partial charge is 0.315 e. The molecule has 8 nitrogen and oxygen atoms in total. The lowest BCUT2D eigenvalue weighted by Gasteiger charge is -2.11. The quantitative estimate of drug-likeness (QED) is 0.337. The number of fused-ring (bicyclic) bond motifs is 1. The van der Waals surface area contributed by atoms with Gasteiger partial charge in [-0.15, -0.1) is 0 Å². The second-order valence-corrected chi connectivity index (χ2v) is 6.89. The first-order valence-corrected chi connectivity index (χ1v) is 9.46. The Morgan fingerprint density at radius 3 is 2.67 bits per heavy atom. The van der Waals surface area contributed by atoms with Crippen LogP contribution in [0.2, 0.25) is 0 Å². The Morgan fingerprint density at radius 2 is 2.03 bits per heavy atom. The van der Waals surface area contributed by atoms with Gasteiger partial charge in [-0.2, -0.15) is 5.26 Å². The number of nitrogens with zero attached hydrogens (tertiary/aromatic N) is 3. The lowest BCUT2D eigenvalue weighted by atomic mass is 10.1. The van der Waals surface area contributed by atoms with Crippen molar-refractivity contribution in [1.29, 1.82) is 5.26 Å². The van der Waals surface area contributed by atoms with Crippen LogP contribution < -0.4 is 9.47 Å². The standard InChI is InChI=1S/C22H22N4O4/c1-5-6-30-21-19(26(27)28)10-15(11-20(21)29-4)9-16(12-23)22-24-17-7-13(2)14(3)8-18(17)25-22/h7-11H,5-6H2,1-4H3,(H,24,25)/b16-9-. The summed E-state index contributed by atoms with van der Waals surface area (Å²) in [5.41, 5.74) is 4.26. The SMILES string of the molecule is CCCOc1c(OC)cc(/C=C(/C#N)c2nc3cc(C)c(C)cc3[nH]2)cc1[N+](=O)[O-]. The highest BCUT2D eigenvalue weighted by atomic mass is 16.6. The maximum absolute atomic E-state index is 11.6. The molecular formula is C22H22N4O4. The number of ether oxygens (including phenoxy) is 2. The number of nitro benzene ring substituents is 1. The monoisotopic (exact) mass is 406 g/mol. The molecule has 3 rings (SSSR count). The van der Waals surface area contributed by atoms with Crippen LogP contribution in [0, 0.1) is 35.3 Å². The zero-order valence-electron chi connectivity index (χ0n) is 17.3. The van der Waals surface area contributed by atoms with Crippen molar-refractivity contribution in [3.8, 4) is 17.6 Å². The lowest BCUT2D eigenvalue weighted by molar-refractivity contribution is -0.386. The average Bonchev–Trinajstić information content (AvgIpc) is 3.12. The van der Waals surface area contributed by atoms with Crippen molar-refractivity contribution < 1.29 is 14.4 Å². The highest BCUT2D eigenvalue weighted by Crippen LogP contribution is 2.39. The van der Waals surface area contributed by atoms with Crippen LogP contribution in [0.25, 0.3) is 22.7 Å². The summed E-state index contributed by atoms with van der Waals surface area (Å²) in [6.07, 6.45) is 2.24. The van der Waals surface area contributed by atoms with Crippen molar-refractivity contribution >= 4 is 28.4 Å². The molecule has 8 heteroatoms. The molecule has 0 aliphatic carbocycles. The van der Waals surface area contributed by atoms with Gasteiger partial charge in [-0.05, 0) is 61.2 Å². The number of hydrogen-bond donors (Lipinski definition) is 1. The van der Waals surface area contributed by atoms with E-state index in [1.54, 1.807) is 6.07 Å². The van der Waals surface area contributed by atoms with Crippen molar-refractivity contribution in [1.82, 2.24) is 9.97 Å². The predicted octanol–water partition coefficient (Wildman–Crippen LogP) is 4.95. The topological polar surface area (TPSA) is 114 Å². The highest BCUT2D eigenvalue weighted by molar-refractivity contribution is 5.91. The van der Waals surface area contributed by atoms with Gasteiger partial charge in [0.15, 0.2) is 5.75 Å². The molecule has 0 amide bonds. The maximum Gasteiger partial charge on any atom is 0.315 e. The minimum Gasteiger partial charge on any atom is -0.493 e. The number of H-pyrrole nitrogens is 1. The number of hydrogen-bond acceptors (Lipinski definition) is 6. The van der Waals surface area contributed by atoms with Crippen LogP contribution in [0.4, 0.5) is 5.69 Å². The number of nitro groups is 1. The van der Waals surface area contributed by atoms with Gasteiger partial charge in [-0.1, -0.05) is 6.92 Å². The Balaban J connectivity index is 2.10. The summed E-state index contributed by atoms with van der Waals surface area (Å²) in [7, 11) is 1.42. The first-order valence-electron chi connectivity index (χ1n) is 9.46. The number of benzene rings is 2. The van der Waals surface area contributed by atoms with E-state index in [1.807, 2.05) is 32.9 Å². The summed E-state index contributed by atoms with van der Waals surface area (Å²) in [6, 6.07) is 9.01.